The van der Waals surface area contributed by atoms with Crippen LogP contribution in [0, 0.1) is 0 Å². The van der Waals surface area contributed by atoms with Crippen LogP contribution in [0.15, 0.2) is 24.3 Å². The summed E-state index contributed by atoms with van der Waals surface area (Å²) in [6.45, 7) is 3.04. The highest BCUT2D eigenvalue weighted by Crippen LogP contribution is 2.19. The van der Waals surface area contributed by atoms with Gasteiger partial charge in [-0.3, -0.25) is 0 Å². The second-order valence-corrected chi connectivity index (χ2v) is 5.01. The maximum absolute atomic E-state index is 6.01. The Labute approximate surface area is 110 Å². The first-order chi connectivity index (χ1) is 8.78. The van der Waals surface area contributed by atoms with Crippen LogP contribution in [0.2, 0.25) is 0 Å². The largest absolute Gasteiger partial charge is 0.490 e. The molecule has 0 saturated carbocycles. The van der Waals surface area contributed by atoms with Gasteiger partial charge in [-0.2, -0.15) is 0 Å². The number of methoxy groups -OCH3 is 1. The molecule has 1 saturated heterocycles. The Balaban J connectivity index is 1.82. The number of hydrogen-bond acceptors (Lipinski definition) is 3. The van der Waals surface area contributed by atoms with Crippen LogP contribution in [-0.2, 0) is 11.2 Å². The van der Waals surface area contributed by atoms with Crippen molar-refractivity contribution in [1.29, 1.82) is 0 Å². The minimum Gasteiger partial charge on any atom is -0.490 e. The van der Waals surface area contributed by atoms with Gasteiger partial charge < -0.3 is 14.4 Å². The molecule has 0 unspecified atom stereocenters. The van der Waals surface area contributed by atoms with Crippen LogP contribution in [-0.4, -0.2) is 44.9 Å². The Hall–Kier alpha value is -1.06. The zero-order chi connectivity index (χ0) is 12.8. The topological polar surface area (TPSA) is 21.7 Å². The Kier molecular flexibility index (Phi) is 5.02. The van der Waals surface area contributed by atoms with Crippen molar-refractivity contribution in [2.75, 3.05) is 33.9 Å². The molecule has 3 nitrogen and oxygen atoms in total. The lowest BCUT2D eigenvalue weighted by Gasteiger charge is -2.29. The van der Waals surface area contributed by atoms with Crippen LogP contribution in [0.1, 0.15) is 18.4 Å². The summed E-state index contributed by atoms with van der Waals surface area (Å²) in [5.74, 6) is 0.991. The molecule has 3 heteroatoms. The molecular formula is C15H23NO2. The van der Waals surface area contributed by atoms with E-state index in [9.17, 15) is 0 Å². The molecule has 0 atom stereocenters. The SMILES string of the molecule is COCCc1ccc(OC2CCN(C)CC2)cc1. The third-order valence-corrected chi connectivity index (χ3v) is 3.49. The lowest BCUT2D eigenvalue weighted by atomic mass is 10.1. The molecule has 2 rings (SSSR count). The van der Waals surface area contributed by atoms with Crippen molar-refractivity contribution in [3.8, 4) is 5.75 Å². The molecule has 1 aromatic carbocycles. The van der Waals surface area contributed by atoms with Crippen molar-refractivity contribution in [3.63, 3.8) is 0 Å². The normalized spacial score (nSPS) is 17.9. The number of piperidine rings is 1. The standard InChI is InChI=1S/C15H23NO2/c1-16-10-7-15(8-11-16)18-14-5-3-13(4-6-14)9-12-17-2/h3-6,15H,7-12H2,1-2H3. The van der Waals surface area contributed by atoms with Crippen molar-refractivity contribution < 1.29 is 9.47 Å². The van der Waals surface area contributed by atoms with Crippen molar-refractivity contribution in [2.24, 2.45) is 0 Å². The molecular weight excluding hydrogens is 226 g/mol. The second-order valence-electron chi connectivity index (χ2n) is 5.01. The highest BCUT2D eigenvalue weighted by Gasteiger charge is 2.17. The predicted octanol–water partition coefficient (Wildman–Crippen LogP) is 2.35. The number of hydrogen-bond donors (Lipinski definition) is 0. The van der Waals surface area contributed by atoms with Gasteiger partial charge in [0.05, 0.1) is 6.61 Å². The van der Waals surface area contributed by atoms with Crippen LogP contribution >= 0.6 is 0 Å². The zero-order valence-corrected chi connectivity index (χ0v) is 11.4. The van der Waals surface area contributed by atoms with E-state index >= 15 is 0 Å². The molecule has 0 aliphatic carbocycles. The minimum absolute atomic E-state index is 0.381. The fraction of sp³-hybridized carbons (Fsp3) is 0.600. The molecule has 0 N–H and O–H groups in total. The van der Waals surface area contributed by atoms with Crippen molar-refractivity contribution in [2.45, 2.75) is 25.4 Å². The fourth-order valence-electron chi connectivity index (χ4n) is 2.25. The summed E-state index contributed by atoms with van der Waals surface area (Å²) in [5.41, 5.74) is 1.30. The third-order valence-electron chi connectivity index (χ3n) is 3.49. The summed E-state index contributed by atoms with van der Waals surface area (Å²) in [6.07, 6.45) is 3.60. The van der Waals surface area contributed by atoms with Gasteiger partial charge in [0.15, 0.2) is 0 Å². The van der Waals surface area contributed by atoms with Crippen molar-refractivity contribution in [3.05, 3.63) is 29.8 Å². The predicted molar refractivity (Wildman–Crippen MR) is 73.2 cm³/mol. The van der Waals surface area contributed by atoms with Crippen LogP contribution in [0.5, 0.6) is 5.75 Å². The van der Waals surface area contributed by atoms with Gasteiger partial charge in [-0.15, -0.1) is 0 Å². The van der Waals surface area contributed by atoms with Gasteiger partial charge in [0, 0.05) is 20.2 Å². The van der Waals surface area contributed by atoms with Gasteiger partial charge in [-0.25, -0.2) is 0 Å². The van der Waals surface area contributed by atoms with E-state index in [0.717, 1.165) is 44.7 Å². The first kappa shape index (κ1) is 13.4. The van der Waals surface area contributed by atoms with Gasteiger partial charge in [0.2, 0.25) is 0 Å². The van der Waals surface area contributed by atoms with Crippen molar-refractivity contribution >= 4 is 0 Å². The summed E-state index contributed by atoms with van der Waals surface area (Å²) >= 11 is 0. The van der Waals surface area contributed by atoms with E-state index in [0.29, 0.717) is 6.10 Å². The van der Waals surface area contributed by atoms with E-state index in [4.69, 9.17) is 9.47 Å². The molecule has 0 spiro atoms. The Morgan fingerprint density at radius 2 is 1.83 bits per heavy atom. The summed E-state index contributed by atoms with van der Waals surface area (Å²) in [5, 5.41) is 0. The number of nitrogens with zero attached hydrogens (tertiary/aromatic N) is 1. The van der Waals surface area contributed by atoms with Gasteiger partial charge in [0.25, 0.3) is 0 Å². The average Bonchev–Trinajstić information content (AvgIpc) is 2.41. The summed E-state index contributed by atoms with van der Waals surface area (Å²) < 4.78 is 11.1. The minimum atomic E-state index is 0.381. The number of likely N-dealkylation sites (tertiary alicyclic amines) is 1. The third kappa shape index (κ3) is 4.00. The molecule has 0 radical (unpaired) electrons. The molecule has 0 aromatic heterocycles. The van der Waals surface area contributed by atoms with Crippen LogP contribution < -0.4 is 4.74 Å². The van der Waals surface area contributed by atoms with Gasteiger partial charge in [-0.05, 0) is 44.0 Å². The van der Waals surface area contributed by atoms with Gasteiger partial charge >= 0.3 is 0 Å². The quantitative estimate of drug-likeness (QED) is 0.799. The molecule has 18 heavy (non-hydrogen) atoms. The number of benzene rings is 1. The summed E-state index contributed by atoms with van der Waals surface area (Å²) in [7, 11) is 3.90. The molecule has 1 aromatic rings. The van der Waals surface area contributed by atoms with E-state index in [1.165, 1.54) is 5.56 Å². The number of ether oxygens (including phenoxy) is 2. The molecule has 0 bridgehead atoms. The molecule has 1 aliphatic rings. The zero-order valence-electron chi connectivity index (χ0n) is 11.4. The van der Waals surface area contributed by atoms with E-state index in [2.05, 4.69) is 36.2 Å². The highest BCUT2D eigenvalue weighted by atomic mass is 16.5. The second kappa shape index (κ2) is 6.76. The molecule has 1 heterocycles. The molecule has 1 fully saturated rings. The summed E-state index contributed by atoms with van der Waals surface area (Å²) in [4.78, 5) is 2.35. The van der Waals surface area contributed by atoms with E-state index in [1.807, 2.05) is 0 Å². The Morgan fingerprint density at radius 3 is 2.44 bits per heavy atom. The first-order valence-electron chi connectivity index (χ1n) is 6.71. The maximum Gasteiger partial charge on any atom is 0.119 e. The highest BCUT2D eigenvalue weighted by molar-refractivity contribution is 5.27. The fourth-order valence-corrected chi connectivity index (χ4v) is 2.25. The Bertz CT molecular complexity index is 342. The smallest absolute Gasteiger partial charge is 0.119 e. The van der Waals surface area contributed by atoms with Crippen LogP contribution in [0.3, 0.4) is 0 Å². The van der Waals surface area contributed by atoms with Crippen LogP contribution in [0.25, 0.3) is 0 Å². The number of rotatable bonds is 5. The first-order valence-corrected chi connectivity index (χ1v) is 6.71. The summed E-state index contributed by atoms with van der Waals surface area (Å²) in [6, 6.07) is 8.40. The Morgan fingerprint density at radius 1 is 1.17 bits per heavy atom. The molecule has 100 valence electrons. The van der Waals surface area contributed by atoms with Gasteiger partial charge in [0.1, 0.15) is 11.9 Å². The maximum atomic E-state index is 6.01. The lowest BCUT2D eigenvalue weighted by Crippen LogP contribution is -2.35. The van der Waals surface area contributed by atoms with E-state index in [1.54, 1.807) is 7.11 Å². The lowest BCUT2D eigenvalue weighted by molar-refractivity contribution is 0.114. The van der Waals surface area contributed by atoms with E-state index in [-0.39, 0.29) is 0 Å². The van der Waals surface area contributed by atoms with Gasteiger partial charge in [-0.1, -0.05) is 12.1 Å². The van der Waals surface area contributed by atoms with Crippen LogP contribution in [0.4, 0.5) is 0 Å². The van der Waals surface area contributed by atoms with Crippen molar-refractivity contribution in [1.82, 2.24) is 4.90 Å². The molecule has 1 aliphatic heterocycles. The average molecular weight is 249 g/mol. The van der Waals surface area contributed by atoms with E-state index < -0.39 is 0 Å². The monoisotopic (exact) mass is 249 g/mol. The molecule has 0 amide bonds.